The molecule has 0 aromatic carbocycles. The lowest BCUT2D eigenvalue weighted by molar-refractivity contribution is 0.533. The van der Waals surface area contributed by atoms with E-state index < -0.39 is 0 Å². The average Bonchev–Trinajstić information content (AvgIpc) is 2.76. The Hall–Kier alpha value is -0.320. The van der Waals surface area contributed by atoms with Crippen molar-refractivity contribution in [3.8, 4) is 0 Å². The number of aromatic nitrogens is 1. The van der Waals surface area contributed by atoms with Crippen molar-refractivity contribution >= 4 is 33.3 Å². The number of halogens is 2. The largest absolute Gasteiger partial charge is 0.355 e. The molecule has 3 nitrogen and oxygen atoms in total. The van der Waals surface area contributed by atoms with Crippen molar-refractivity contribution in [2.75, 3.05) is 31.1 Å². The van der Waals surface area contributed by atoms with Crippen LogP contribution in [0.25, 0.3) is 0 Å². The van der Waals surface area contributed by atoms with Crippen molar-refractivity contribution in [2.24, 2.45) is 11.8 Å². The standard InChI is InChI=1S/C11H13BrClN3/c12-9-1-10(13)11(15-4-9)16-5-7-2-14-3-8(7)6-16/h1,4,7-8,14H,2-3,5-6H2/t7-,8+. The van der Waals surface area contributed by atoms with Gasteiger partial charge < -0.3 is 10.2 Å². The van der Waals surface area contributed by atoms with E-state index in [1.165, 1.54) is 0 Å². The molecule has 0 aliphatic carbocycles. The molecule has 2 aliphatic rings. The SMILES string of the molecule is Clc1cc(Br)cnc1N1C[C@H]2CNC[C@H]2C1. The van der Waals surface area contributed by atoms with E-state index in [4.69, 9.17) is 11.6 Å². The first kappa shape index (κ1) is 10.8. The minimum Gasteiger partial charge on any atom is -0.355 e. The van der Waals surface area contributed by atoms with E-state index in [9.17, 15) is 0 Å². The third kappa shape index (κ3) is 1.83. The van der Waals surface area contributed by atoms with Gasteiger partial charge in [0.2, 0.25) is 0 Å². The zero-order chi connectivity index (χ0) is 11.1. The average molecular weight is 303 g/mol. The summed E-state index contributed by atoms with van der Waals surface area (Å²) in [6.07, 6.45) is 1.81. The highest BCUT2D eigenvalue weighted by Gasteiger charge is 2.37. The normalized spacial score (nSPS) is 28.5. The molecule has 2 saturated heterocycles. The smallest absolute Gasteiger partial charge is 0.147 e. The van der Waals surface area contributed by atoms with Gasteiger partial charge in [0, 0.05) is 36.8 Å². The molecule has 0 bridgehead atoms. The maximum Gasteiger partial charge on any atom is 0.147 e. The molecule has 1 aromatic heterocycles. The number of anilines is 1. The van der Waals surface area contributed by atoms with E-state index in [-0.39, 0.29) is 0 Å². The Kier molecular flexibility index (Phi) is 2.81. The quantitative estimate of drug-likeness (QED) is 0.861. The fourth-order valence-electron chi connectivity index (χ4n) is 2.67. The van der Waals surface area contributed by atoms with Crippen molar-refractivity contribution < 1.29 is 0 Å². The lowest BCUT2D eigenvalue weighted by Gasteiger charge is -2.19. The van der Waals surface area contributed by atoms with Crippen LogP contribution in [-0.2, 0) is 0 Å². The highest BCUT2D eigenvalue weighted by Crippen LogP contribution is 2.33. The molecule has 1 aromatic rings. The lowest BCUT2D eigenvalue weighted by atomic mass is 10.0. The Labute approximate surface area is 108 Å². The van der Waals surface area contributed by atoms with Crippen LogP contribution in [0.15, 0.2) is 16.7 Å². The number of hydrogen-bond donors (Lipinski definition) is 1. The molecule has 0 saturated carbocycles. The molecule has 0 spiro atoms. The first-order valence-electron chi connectivity index (χ1n) is 5.51. The van der Waals surface area contributed by atoms with E-state index in [2.05, 4.69) is 31.1 Å². The lowest BCUT2D eigenvalue weighted by Crippen LogP contribution is -2.26. The molecule has 3 rings (SSSR count). The first-order valence-corrected chi connectivity index (χ1v) is 6.68. The van der Waals surface area contributed by atoms with Crippen LogP contribution in [0.2, 0.25) is 5.02 Å². The zero-order valence-corrected chi connectivity index (χ0v) is 11.1. The van der Waals surface area contributed by atoms with E-state index in [1.807, 2.05) is 12.3 Å². The fraction of sp³-hybridized carbons (Fsp3) is 0.545. The summed E-state index contributed by atoms with van der Waals surface area (Å²) in [5.74, 6) is 2.46. The van der Waals surface area contributed by atoms with Crippen LogP contribution in [0.3, 0.4) is 0 Å². The maximum absolute atomic E-state index is 6.22. The highest BCUT2D eigenvalue weighted by molar-refractivity contribution is 9.10. The molecule has 5 heteroatoms. The molecule has 2 atom stereocenters. The van der Waals surface area contributed by atoms with Gasteiger partial charge >= 0.3 is 0 Å². The van der Waals surface area contributed by atoms with Crippen molar-refractivity contribution in [3.05, 3.63) is 21.8 Å². The van der Waals surface area contributed by atoms with E-state index in [0.717, 1.165) is 53.3 Å². The van der Waals surface area contributed by atoms with Crippen molar-refractivity contribution in [3.63, 3.8) is 0 Å². The van der Waals surface area contributed by atoms with Crippen molar-refractivity contribution in [2.45, 2.75) is 0 Å². The molecular formula is C11H13BrClN3. The predicted octanol–water partition coefficient (Wildman–Crippen LogP) is 2.15. The molecule has 0 radical (unpaired) electrons. The summed E-state index contributed by atoms with van der Waals surface area (Å²) in [5.41, 5.74) is 0. The fourth-order valence-corrected chi connectivity index (χ4v) is 3.42. The number of nitrogens with zero attached hydrogens (tertiary/aromatic N) is 2. The maximum atomic E-state index is 6.22. The van der Waals surface area contributed by atoms with Gasteiger partial charge in [-0.2, -0.15) is 0 Å². The van der Waals surface area contributed by atoms with E-state index in [0.29, 0.717) is 0 Å². The Bertz CT molecular complexity index is 400. The second-order valence-electron chi connectivity index (χ2n) is 4.54. The third-order valence-electron chi connectivity index (χ3n) is 3.48. The van der Waals surface area contributed by atoms with Crippen LogP contribution in [0, 0.1) is 11.8 Å². The Morgan fingerprint density at radius 3 is 2.69 bits per heavy atom. The predicted molar refractivity (Wildman–Crippen MR) is 69.0 cm³/mol. The molecule has 1 N–H and O–H groups in total. The number of pyridine rings is 1. The zero-order valence-electron chi connectivity index (χ0n) is 8.79. The van der Waals surface area contributed by atoms with Gasteiger partial charge in [0.1, 0.15) is 5.82 Å². The first-order chi connectivity index (χ1) is 7.74. The van der Waals surface area contributed by atoms with Gasteiger partial charge in [-0.1, -0.05) is 11.6 Å². The van der Waals surface area contributed by atoms with Crippen molar-refractivity contribution in [1.29, 1.82) is 0 Å². The van der Waals surface area contributed by atoms with Crippen LogP contribution in [0.4, 0.5) is 5.82 Å². The van der Waals surface area contributed by atoms with Crippen LogP contribution in [0.5, 0.6) is 0 Å². The number of fused-ring (bicyclic) bond motifs is 1. The molecule has 16 heavy (non-hydrogen) atoms. The summed E-state index contributed by atoms with van der Waals surface area (Å²) in [6.45, 7) is 4.42. The van der Waals surface area contributed by atoms with Gasteiger partial charge in [-0.15, -0.1) is 0 Å². The number of hydrogen-bond acceptors (Lipinski definition) is 3. The van der Waals surface area contributed by atoms with Crippen LogP contribution >= 0.6 is 27.5 Å². The summed E-state index contributed by atoms with van der Waals surface area (Å²) in [5, 5.41) is 4.17. The molecule has 2 fully saturated rings. The van der Waals surface area contributed by atoms with Crippen LogP contribution in [-0.4, -0.2) is 31.2 Å². The summed E-state index contributed by atoms with van der Waals surface area (Å²) in [4.78, 5) is 6.72. The summed E-state index contributed by atoms with van der Waals surface area (Å²) in [6, 6.07) is 1.91. The molecular weight excluding hydrogens is 289 g/mol. The summed E-state index contributed by atoms with van der Waals surface area (Å²) >= 11 is 9.59. The third-order valence-corrected chi connectivity index (χ3v) is 4.19. The Morgan fingerprint density at radius 2 is 2.06 bits per heavy atom. The molecule has 0 unspecified atom stereocenters. The van der Waals surface area contributed by atoms with E-state index >= 15 is 0 Å². The van der Waals surface area contributed by atoms with Gasteiger partial charge in [-0.05, 0) is 33.8 Å². The second-order valence-corrected chi connectivity index (χ2v) is 5.87. The topological polar surface area (TPSA) is 28.2 Å². The summed E-state index contributed by atoms with van der Waals surface area (Å²) in [7, 11) is 0. The Morgan fingerprint density at radius 1 is 1.38 bits per heavy atom. The van der Waals surface area contributed by atoms with Crippen LogP contribution in [0.1, 0.15) is 0 Å². The minimum atomic E-state index is 0.738. The number of rotatable bonds is 1. The Balaban J connectivity index is 1.83. The second kappa shape index (κ2) is 4.17. The molecule has 3 heterocycles. The minimum absolute atomic E-state index is 0.738. The summed E-state index contributed by atoms with van der Waals surface area (Å²) < 4.78 is 0.933. The van der Waals surface area contributed by atoms with Crippen molar-refractivity contribution in [1.82, 2.24) is 10.3 Å². The van der Waals surface area contributed by atoms with Gasteiger partial charge in [-0.3, -0.25) is 0 Å². The van der Waals surface area contributed by atoms with E-state index in [1.54, 1.807) is 0 Å². The molecule has 0 amide bonds. The van der Waals surface area contributed by atoms with Gasteiger partial charge in [0.05, 0.1) is 5.02 Å². The molecule has 86 valence electrons. The molecule has 2 aliphatic heterocycles. The van der Waals surface area contributed by atoms with Gasteiger partial charge in [0.15, 0.2) is 0 Å². The monoisotopic (exact) mass is 301 g/mol. The highest BCUT2D eigenvalue weighted by atomic mass is 79.9. The van der Waals surface area contributed by atoms with Gasteiger partial charge in [-0.25, -0.2) is 4.98 Å². The van der Waals surface area contributed by atoms with Gasteiger partial charge in [0.25, 0.3) is 0 Å². The number of nitrogens with one attached hydrogen (secondary N) is 1. The van der Waals surface area contributed by atoms with Crippen LogP contribution < -0.4 is 10.2 Å².